The second-order valence-electron chi connectivity index (χ2n) is 5.27. The van der Waals surface area contributed by atoms with Crippen molar-refractivity contribution in [2.45, 2.75) is 31.7 Å². The van der Waals surface area contributed by atoms with Gasteiger partial charge in [0, 0.05) is 19.1 Å². The largest absolute Gasteiger partial charge is 0.494 e. The molecule has 23 heavy (non-hydrogen) atoms. The minimum absolute atomic E-state index is 0.000788. The standard InChI is InChI=1S/C14H24N2O5S2/c1-5-21-13-6-8-14(9-7-13)23(19,20)15-10-11-16(12(2)3)22(4,17)18/h6-9,12,15H,5,10-11H2,1-4H3. The monoisotopic (exact) mass is 364 g/mol. The van der Waals surface area contributed by atoms with Crippen molar-refractivity contribution >= 4 is 20.0 Å². The number of benzene rings is 1. The zero-order valence-electron chi connectivity index (χ0n) is 13.8. The number of hydrogen-bond donors (Lipinski definition) is 1. The highest BCUT2D eigenvalue weighted by Gasteiger charge is 2.21. The lowest BCUT2D eigenvalue weighted by Crippen LogP contribution is -2.41. The summed E-state index contributed by atoms with van der Waals surface area (Å²) >= 11 is 0. The molecule has 0 radical (unpaired) electrons. The summed E-state index contributed by atoms with van der Waals surface area (Å²) in [5.41, 5.74) is 0. The maximum atomic E-state index is 12.2. The van der Waals surface area contributed by atoms with Crippen molar-refractivity contribution in [3.05, 3.63) is 24.3 Å². The van der Waals surface area contributed by atoms with Crippen LogP contribution in [0.2, 0.25) is 0 Å². The van der Waals surface area contributed by atoms with E-state index in [2.05, 4.69) is 4.72 Å². The third-order valence-corrected chi connectivity index (χ3v) is 6.00. The Bertz CT molecular complexity index is 697. The highest BCUT2D eigenvalue weighted by molar-refractivity contribution is 7.89. The molecule has 0 spiro atoms. The third-order valence-electron chi connectivity index (χ3n) is 3.07. The van der Waals surface area contributed by atoms with Crippen molar-refractivity contribution < 1.29 is 21.6 Å². The zero-order chi connectivity index (χ0) is 17.7. The first kappa shape index (κ1) is 19.9. The maximum Gasteiger partial charge on any atom is 0.240 e. The molecule has 7 nitrogen and oxygen atoms in total. The van der Waals surface area contributed by atoms with E-state index in [4.69, 9.17) is 4.74 Å². The molecule has 1 aromatic carbocycles. The van der Waals surface area contributed by atoms with Crippen LogP contribution in [0.4, 0.5) is 0 Å². The van der Waals surface area contributed by atoms with Crippen LogP contribution in [0.5, 0.6) is 5.75 Å². The summed E-state index contributed by atoms with van der Waals surface area (Å²) in [6, 6.07) is 5.82. The molecular formula is C14H24N2O5S2. The second kappa shape index (κ2) is 8.09. The molecule has 0 amide bonds. The fraction of sp³-hybridized carbons (Fsp3) is 0.571. The molecule has 1 aromatic rings. The molecule has 0 aliphatic carbocycles. The Kier molecular flexibility index (Phi) is 7.00. The first-order chi connectivity index (χ1) is 10.6. The Morgan fingerprint density at radius 3 is 2.13 bits per heavy atom. The van der Waals surface area contributed by atoms with Crippen LogP contribution in [0, 0.1) is 0 Å². The van der Waals surface area contributed by atoms with Gasteiger partial charge in [0.05, 0.1) is 17.8 Å². The highest BCUT2D eigenvalue weighted by atomic mass is 32.2. The van der Waals surface area contributed by atoms with Gasteiger partial charge >= 0.3 is 0 Å². The molecule has 0 atom stereocenters. The molecule has 1 rings (SSSR count). The van der Waals surface area contributed by atoms with Gasteiger partial charge in [-0.1, -0.05) is 0 Å². The van der Waals surface area contributed by atoms with E-state index in [-0.39, 0.29) is 24.0 Å². The Hall–Kier alpha value is -1.16. The van der Waals surface area contributed by atoms with Crippen LogP contribution in [0.1, 0.15) is 20.8 Å². The fourth-order valence-electron chi connectivity index (χ4n) is 2.06. The number of nitrogens with zero attached hydrogens (tertiary/aromatic N) is 1. The van der Waals surface area contributed by atoms with Crippen LogP contribution in [0.3, 0.4) is 0 Å². The van der Waals surface area contributed by atoms with E-state index in [1.807, 2.05) is 6.92 Å². The molecule has 0 saturated carbocycles. The van der Waals surface area contributed by atoms with Crippen molar-refractivity contribution in [2.75, 3.05) is 26.0 Å². The normalized spacial score (nSPS) is 12.8. The number of sulfonamides is 2. The molecule has 0 bridgehead atoms. The van der Waals surface area contributed by atoms with Gasteiger partial charge < -0.3 is 4.74 Å². The predicted octanol–water partition coefficient (Wildman–Crippen LogP) is 1.03. The van der Waals surface area contributed by atoms with Crippen LogP contribution in [0.15, 0.2) is 29.2 Å². The van der Waals surface area contributed by atoms with Gasteiger partial charge in [0.1, 0.15) is 5.75 Å². The van der Waals surface area contributed by atoms with Gasteiger partial charge in [-0.2, -0.15) is 4.31 Å². The second-order valence-corrected chi connectivity index (χ2v) is 8.97. The average Bonchev–Trinajstić information content (AvgIpc) is 2.43. The van der Waals surface area contributed by atoms with Gasteiger partial charge in [-0.05, 0) is 45.0 Å². The number of rotatable bonds is 9. The zero-order valence-corrected chi connectivity index (χ0v) is 15.4. The minimum atomic E-state index is -3.69. The van der Waals surface area contributed by atoms with Crippen LogP contribution >= 0.6 is 0 Å². The summed E-state index contributed by atoms with van der Waals surface area (Å²) in [4.78, 5) is 0.108. The SMILES string of the molecule is CCOc1ccc(S(=O)(=O)NCCN(C(C)C)S(C)(=O)=O)cc1. The predicted molar refractivity (Wildman–Crippen MR) is 89.5 cm³/mol. The number of hydrogen-bond acceptors (Lipinski definition) is 5. The molecule has 1 N–H and O–H groups in total. The van der Waals surface area contributed by atoms with Gasteiger partial charge in [0.25, 0.3) is 0 Å². The molecule has 0 unspecified atom stereocenters. The van der Waals surface area contributed by atoms with Gasteiger partial charge in [-0.25, -0.2) is 21.6 Å². The Morgan fingerprint density at radius 1 is 1.13 bits per heavy atom. The van der Waals surface area contributed by atoms with Crippen LogP contribution in [0.25, 0.3) is 0 Å². The van der Waals surface area contributed by atoms with Crippen LogP contribution in [-0.4, -0.2) is 53.1 Å². The minimum Gasteiger partial charge on any atom is -0.494 e. The lowest BCUT2D eigenvalue weighted by atomic mass is 10.3. The van der Waals surface area contributed by atoms with E-state index < -0.39 is 20.0 Å². The van der Waals surface area contributed by atoms with Crippen LogP contribution < -0.4 is 9.46 Å². The molecular weight excluding hydrogens is 340 g/mol. The van der Waals surface area contributed by atoms with Gasteiger partial charge in [0.2, 0.25) is 20.0 Å². The van der Waals surface area contributed by atoms with E-state index >= 15 is 0 Å². The highest BCUT2D eigenvalue weighted by Crippen LogP contribution is 2.15. The summed E-state index contributed by atoms with van der Waals surface area (Å²) in [5, 5.41) is 0. The van der Waals surface area contributed by atoms with Crippen molar-refractivity contribution in [3.8, 4) is 5.75 Å². The van der Waals surface area contributed by atoms with E-state index in [9.17, 15) is 16.8 Å². The number of ether oxygens (including phenoxy) is 1. The summed E-state index contributed by atoms with van der Waals surface area (Å²) in [5.74, 6) is 0.592. The van der Waals surface area contributed by atoms with Crippen molar-refractivity contribution in [1.82, 2.24) is 9.03 Å². The maximum absolute atomic E-state index is 12.2. The smallest absolute Gasteiger partial charge is 0.240 e. The van der Waals surface area contributed by atoms with E-state index in [0.29, 0.717) is 12.4 Å². The molecule has 0 aliphatic rings. The summed E-state index contributed by atoms with van der Waals surface area (Å²) in [6.07, 6.45) is 1.11. The lowest BCUT2D eigenvalue weighted by Gasteiger charge is -2.23. The summed E-state index contributed by atoms with van der Waals surface area (Å²) in [6.45, 7) is 5.90. The molecule has 0 heterocycles. The molecule has 0 aliphatic heterocycles. The molecule has 9 heteroatoms. The quantitative estimate of drug-likeness (QED) is 0.706. The summed E-state index contributed by atoms with van der Waals surface area (Å²) in [7, 11) is -7.06. The van der Waals surface area contributed by atoms with Crippen LogP contribution in [-0.2, 0) is 20.0 Å². The van der Waals surface area contributed by atoms with Gasteiger partial charge in [-0.3, -0.25) is 0 Å². The van der Waals surface area contributed by atoms with Crippen molar-refractivity contribution in [2.24, 2.45) is 0 Å². The van der Waals surface area contributed by atoms with Gasteiger partial charge in [0.15, 0.2) is 0 Å². The Labute approximate surface area is 138 Å². The van der Waals surface area contributed by atoms with E-state index in [0.717, 1.165) is 6.26 Å². The van der Waals surface area contributed by atoms with Crippen molar-refractivity contribution in [1.29, 1.82) is 0 Å². The topological polar surface area (TPSA) is 92.8 Å². The lowest BCUT2D eigenvalue weighted by molar-refractivity contribution is 0.340. The van der Waals surface area contributed by atoms with Gasteiger partial charge in [-0.15, -0.1) is 0 Å². The number of nitrogens with one attached hydrogen (secondary N) is 1. The van der Waals surface area contributed by atoms with E-state index in [1.54, 1.807) is 26.0 Å². The Morgan fingerprint density at radius 2 is 1.70 bits per heavy atom. The van der Waals surface area contributed by atoms with E-state index in [1.165, 1.54) is 16.4 Å². The average molecular weight is 364 g/mol. The molecule has 0 aromatic heterocycles. The third kappa shape index (κ3) is 6.09. The summed E-state index contributed by atoms with van der Waals surface area (Å²) < 4.78 is 56.5. The first-order valence-electron chi connectivity index (χ1n) is 7.27. The Balaban J connectivity index is 2.72. The fourth-order valence-corrected chi connectivity index (χ4v) is 4.27. The molecule has 0 fully saturated rings. The van der Waals surface area contributed by atoms with Crippen molar-refractivity contribution in [3.63, 3.8) is 0 Å². The molecule has 0 saturated heterocycles. The first-order valence-corrected chi connectivity index (χ1v) is 10.6. The molecule has 132 valence electrons.